The molecule has 0 aliphatic heterocycles. The van der Waals surface area contributed by atoms with Crippen molar-refractivity contribution in [3.8, 4) is 0 Å². The molecule has 1 rings (SSSR count). The summed E-state index contributed by atoms with van der Waals surface area (Å²) in [5.41, 5.74) is -1.74. The third kappa shape index (κ3) is 16.9. The third-order valence-corrected chi connectivity index (χ3v) is 12.5. The fraction of sp³-hybridized carbons (Fsp3) is 0.865. The van der Waals surface area contributed by atoms with Crippen molar-refractivity contribution in [3.05, 3.63) is 31.5 Å². The van der Waals surface area contributed by atoms with Crippen LogP contribution in [0.3, 0.4) is 0 Å². The molecule has 1 heterocycles. The van der Waals surface area contributed by atoms with Crippen molar-refractivity contribution in [3.63, 3.8) is 0 Å². The first kappa shape index (κ1) is 47.3. The molecule has 0 aromatic carbocycles. The Morgan fingerprint density at radius 3 is 1.54 bits per heavy atom. The molecule has 0 bridgehead atoms. The summed E-state index contributed by atoms with van der Waals surface area (Å²) in [4.78, 5) is 68.2. The van der Waals surface area contributed by atoms with Gasteiger partial charge in [0.15, 0.2) is 0 Å². The van der Waals surface area contributed by atoms with Crippen LogP contribution in [0.25, 0.3) is 0 Å². The lowest BCUT2D eigenvalue weighted by Crippen LogP contribution is -2.53. The molecule has 0 atom stereocenters. The molecule has 1 N–H and O–H groups in total. The van der Waals surface area contributed by atoms with Gasteiger partial charge in [-0.15, -0.1) is 0 Å². The third-order valence-electron chi connectivity index (χ3n) is 9.68. The van der Waals surface area contributed by atoms with E-state index in [1.165, 1.54) is 11.6 Å². The quantitative estimate of drug-likeness (QED) is 0.0812. The van der Waals surface area contributed by atoms with E-state index in [9.17, 15) is 24.0 Å². The highest BCUT2D eigenvalue weighted by molar-refractivity contribution is 6.60. The molecule has 0 spiro atoms. The molecule has 0 unspecified atom stereocenters. The summed E-state index contributed by atoms with van der Waals surface area (Å²) in [6, 6.07) is 0.533. The standard InChI is InChI=1S/C37H72N6O8Si/c1-8-11-26-40(27-12-9-2)33(44)24-19-15-14-17-21-30-42-35(46)39(4)36(47)43(37(42)48)31-22-18-16-20-25-38-34(45)41(28-13-10-3)29-23-32-52(49-5,50-6)51-7/h8-32H2,1-7H3,(H,38,45). The van der Waals surface area contributed by atoms with Gasteiger partial charge in [0.2, 0.25) is 5.91 Å². The molecule has 0 radical (unpaired) electrons. The first-order chi connectivity index (χ1) is 25.1. The van der Waals surface area contributed by atoms with Gasteiger partial charge in [0.25, 0.3) is 0 Å². The van der Waals surface area contributed by atoms with Gasteiger partial charge < -0.3 is 28.4 Å². The summed E-state index contributed by atoms with van der Waals surface area (Å²) in [7, 11) is 3.49. The van der Waals surface area contributed by atoms with E-state index in [1.54, 1.807) is 21.3 Å². The Bertz CT molecular complexity index is 1300. The lowest BCUT2D eigenvalue weighted by molar-refractivity contribution is -0.131. The number of carbonyl (C=O) groups excluding carboxylic acids is 2. The molecular weight excluding hydrogens is 685 g/mol. The van der Waals surface area contributed by atoms with Crippen molar-refractivity contribution in [2.75, 3.05) is 54.1 Å². The second kappa shape index (κ2) is 27.8. The zero-order valence-electron chi connectivity index (χ0n) is 33.7. The van der Waals surface area contributed by atoms with Crippen LogP contribution in [0.4, 0.5) is 4.79 Å². The van der Waals surface area contributed by atoms with Crippen LogP contribution in [0.5, 0.6) is 0 Å². The van der Waals surface area contributed by atoms with Crippen LogP contribution in [-0.2, 0) is 38.2 Å². The molecule has 0 fully saturated rings. The zero-order valence-corrected chi connectivity index (χ0v) is 34.7. The maximum absolute atomic E-state index is 13.2. The summed E-state index contributed by atoms with van der Waals surface area (Å²) < 4.78 is 19.8. The highest BCUT2D eigenvalue weighted by Gasteiger charge is 2.37. The van der Waals surface area contributed by atoms with Crippen LogP contribution in [0.1, 0.15) is 130 Å². The molecule has 0 aliphatic carbocycles. The number of rotatable bonds is 31. The number of unbranched alkanes of at least 4 members (excludes halogenated alkanes) is 10. The Labute approximate surface area is 313 Å². The summed E-state index contributed by atoms with van der Waals surface area (Å²) in [6.07, 6.45) is 14.6. The van der Waals surface area contributed by atoms with Gasteiger partial charge in [0.1, 0.15) is 0 Å². The first-order valence-corrected chi connectivity index (χ1v) is 21.9. The number of hydrogen-bond donors (Lipinski definition) is 1. The minimum absolute atomic E-state index is 0.0904. The van der Waals surface area contributed by atoms with Crippen LogP contribution < -0.4 is 22.4 Å². The largest absolute Gasteiger partial charge is 0.500 e. The van der Waals surface area contributed by atoms with Gasteiger partial charge >= 0.3 is 31.9 Å². The highest BCUT2D eigenvalue weighted by Crippen LogP contribution is 2.16. The normalized spacial score (nSPS) is 11.6. The van der Waals surface area contributed by atoms with E-state index >= 15 is 0 Å². The molecule has 14 nitrogen and oxygen atoms in total. The molecule has 15 heteroatoms. The molecule has 302 valence electrons. The van der Waals surface area contributed by atoms with E-state index < -0.39 is 25.9 Å². The number of carbonyl (C=O) groups is 2. The topological polar surface area (TPSA) is 146 Å². The average Bonchev–Trinajstić information content (AvgIpc) is 3.15. The number of nitrogens with one attached hydrogen (secondary N) is 1. The number of nitrogens with zero attached hydrogens (tertiary/aromatic N) is 5. The Kier molecular flexibility index (Phi) is 25.3. The molecule has 3 amide bonds. The predicted octanol–water partition coefficient (Wildman–Crippen LogP) is 5.12. The minimum Gasteiger partial charge on any atom is -0.377 e. The van der Waals surface area contributed by atoms with E-state index in [-0.39, 0.29) is 25.0 Å². The predicted molar refractivity (Wildman–Crippen MR) is 209 cm³/mol. The van der Waals surface area contributed by atoms with Crippen LogP contribution in [0.15, 0.2) is 14.4 Å². The molecule has 0 saturated heterocycles. The maximum Gasteiger partial charge on any atom is 0.500 e. The molecular formula is C37H72N6O8Si. The van der Waals surface area contributed by atoms with Crippen molar-refractivity contribution in [2.45, 2.75) is 149 Å². The fourth-order valence-corrected chi connectivity index (χ4v) is 7.90. The SMILES string of the molecule is CCCCN(CCCC)C(=O)CCCCCCCn1c(=O)n(C)c(=O)n(CCCCCCNC(=O)N(CCCC)CCC[Si](OC)(OC)OC)c1=O. The van der Waals surface area contributed by atoms with Gasteiger partial charge in [-0.05, 0) is 51.4 Å². The summed E-state index contributed by atoms with van der Waals surface area (Å²) in [5.74, 6) is 0.240. The summed E-state index contributed by atoms with van der Waals surface area (Å²) in [6.45, 7) is 10.3. The molecule has 0 aliphatic rings. The zero-order chi connectivity index (χ0) is 38.8. The van der Waals surface area contributed by atoms with E-state index in [0.29, 0.717) is 51.4 Å². The van der Waals surface area contributed by atoms with E-state index in [1.807, 2.05) is 9.80 Å². The van der Waals surface area contributed by atoms with Crippen LogP contribution >= 0.6 is 0 Å². The molecule has 52 heavy (non-hydrogen) atoms. The number of aromatic nitrogens is 3. The highest BCUT2D eigenvalue weighted by atomic mass is 28.4. The average molecular weight is 757 g/mol. The number of amides is 3. The Hall–Kier alpha value is -2.75. The summed E-state index contributed by atoms with van der Waals surface area (Å²) in [5, 5.41) is 3.03. The number of urea groups is 1. The summed E-state index contributed by atoms with van der Waals surface area (Å²) >= 11 is 0. The van der Waals surface area contributed by atoms with Crippen LogP contribution in [0.2, 0.25) is 6.04 Å². The van der Waals surface area contributed by atoms with Gasteiger partial charge in [-0.1, -0.05) is 72.1 Å². The van der Waals surface area contributed by atoms with E-state index in [4.69, 9.17) is 13.3 Å². The number of hydrogen-bond acceptors (Lipinski definition) is 8. The monoisotopic (exact) mass is 757 g/mol. The van der Waals surface area contributed by atoms with Gasteiger partial charge in [-0.2, -0.15) is 0 Å². The smallest absolute Gasteiger partial charge is 0.377 e. The first-order valence-electron chi connectivity index (χ1n) is 19.9. The Morgan fingerprint density at radius 1 is 0.596 bits per heavy atom. The van der Waals surface area contributed by atoms with Gasteiger partial charge in [-0.3, -0.25) is 4.79 Å². The Morgan fingerprint density at radius 2 is 1.04 bits per heavy atom. The molecule has 1 aromatic heterocycles. The van der Waals surface area contributed by atoms with Crippen molar-refractivity contribution < 1.29 is 22.9 Å². The van der Waals surface area contributed by atoms with Gasteiger partial charge in [0, 0.05) is 86.7 Å². The van der Waals surface area contributed by atoms with Crippen LogP contribution in [0, 0.1) is 0 Å². The minimum atomic E-state index is -2.69. The second-order valence-electron chi connectivity index (χ2n) is 13.7. The van der Waals surface area contributed by atoms with E-state index in [2.05, 4.69) is 26.1 Å². The second-order valence-corrected chi connectivity index (χ2v) is 16.8. The molecule has 0 saturated carbocycles. The van der Waals surface area contributed by atoms with Crippen molar-refractivity contribution in [1.82, 2.24) is 28.8 Å². The lowest BCUT2D eigenvalue weighted by atomic mass is 10.1. The maximum atomic E-state index is 13.2. The van der Waals surface area contributed by atoms with E-state index in [0.717, 1.165) is 106 Å². The van der Waals surface area contributed by atoms with Crippen molar-refractivity contribution >= 4 is 20.7 Å². The van der Waals surface area contributed by atoms with Crippen molar-refractivity contribution in [2.24, 2.45) is 7.05 Å². The molecule has 1 aromatic rings. The Balaban J connectivity index is 2.51. The van der Waals surface area contributed by atoms with Crippen molar-refractivity contribution in [1.29, 1.82) is 0 Å². The van der Waals surface area contributed by atoms with Crippen LogP contribution in [-0.4, -0.2) is 98.3 Å². The fourth-order valence-electron chi connectivity index (χ4n) is 6.19. The lowest BCUT2D eigenvalue weighted by Gasteiger charge is -2.27. The van der Waals surface area contributed by atoms with Gasteiger partial charge in [0.05, 0.1) is 0 Å². The van der Waals surface area contributed by atoms with Gasteiger partial charge in [-0.25, -0.2) is 32.9 Å².